The van der Waals surface area contributed by atoms with E-state index in [2.05, 4.69) is 32.9 Å². The van der Waals surface area contributed by atoms with Crippen LogP contribution in [0.25, 0.3) is 0 Å². The maximum Gasteiger partial charge on any atom is 0.331 e. The molecular weight excluding hydrogens is 204 g/mol. The topological polar surface area (TPSA) is 18.5 Å². The lowest BCUT2D eigenvalue weighted by Gasteiger charge is -2.31. The Morgan fingerprint density at radius 3 is 2.33 bits per heavy atom. The van der Waals surface area contributed by atoms with Crippen LogP contribution in [-0.2, 0) is 8.85 Å². The van der Waals surface area contributed by atoms with Crippen LogP contribution in [0.3, 0.4) is 0 Å². The summed E-state index contributed by atoms with van der Waals surface area (Å²) in [5, 5.41) is 0.316. The van der Waals surface area contributed by atoms with Crippen molar-refractivity contribution in [3.05, 3.63) is 12.2 Å². The second kappa shape index (κ2) is 4.40. The van der Waals surface area contributed by atoms with Crippen molar-refractivity contribution in [3.63, 3.8) is 0 Å². The Labute approximate surface area is 94.5 Å². The van der Waals surface area contributed by atoms with Crippen LogP contribution in [0.4, 0.5) is 0 Å². The van der Waals surface area contributed by atoms with Crippen molar-refractivity contribution in [2.45, 2.75) is 38.7 Å². The van der Waals surface area contributed by atoms with Gasteiger partial charge in [-0.1, -0.05) is 19.1 Å². The lowest BCUT2D eigenvalue weighted by atomic mass is 9.96. The zero-order chi connectivity index (χ0) is 10.9. The van der Waals surface area contributed by atoms with Gasteiger partial charge in [-0.15, -0.1) is 0 Å². The summed E-state index contributed by atoms with van der Waals surface area (Å²) >= 11 is 0. The third-order valence-electron chi connectivity index (χ3n) is 3.83. The zero-order valence-corrected chi connectivity index (χ0v) is 11.2. The molecule has 2 bridgehead atoms. The van der Waals surface area contributed by atoms with E-state index >= 15 is 0 Å². The SMILES string of the molecule is CCO[SiH](OCC)C12C=CC(C1)C(C)C2. The monoisotopic (exact) mass is 226 g/mol. The van der Waals surface area contributed by atoms with Crippen molar-refractivity contribution in [3.8, 4) is 0 Å². The second-order valence-electron chi connectivity index (χ2n) is 4.88. The molecular formula is C12H22O2Si. The Kier molecular flexibility index (Phi) is 3.33. The number of rotatable bonds is 5. The van der Waals surface area contributed by atoms with Gasteiger partial charge in [-0.3, -0.25) is 0 Å². The molecule has 3 unspecified atom stereocenters. The molecule has 0 saturated heterocycles. The summed E-state index contributed by atoms with van der Waals surface area (Å²) in [5.41, 5.74) is 0. The van der Waals surface area contributed by atoms with E-state index in [1.54, 1.807) is 0 Å². The van der Waals surface area contributed by atoms with Gasteiger partial charge in [-0.2, -0.15) is 0 Å². The van der Waals surface area contributed by atoms with Crippen molar-refractivity contribution < 1.29 is 8.85 Å². The van der Waals surface area contributed by atoms with E-state index in [0.717, 1.165) is 25.0 Å². The van der Waals surface area contributed by atoms with Gasteiger partial charge in [-0.25, -0.2) is 0 Å². The minimum Gasteiger partial charge on any atom is -0.396 e. The van der Waals surface area contributed by atoms with Crippen LogP contribution in [0.15, 0.2) is 12.2 Å². The first kappa shape index (κ1) is 11.4. The van der Waals surface area contributed by atoms with Gasteiger partial charge in [-0.05, 0) is 38.5 Å². The molecule has 2 rings (SSSR count). The van der Waals surface area contributed by atoms with Crippen LogP contribution in [-0.4, -0.2) is 22.5 Å². The second-order valence-corrected chi connectivity index (χ2v) is 7.36. The first-order chi connectivity index (χ1) is 7.22. The van der Waals surface area contributed by atoms with Gasteiger partial charge in [0, 0.05) is 18.3 Å². The van der Waals surface area contributed by atoms with Crippen molar-refractivity contribution in [2.24, 2.45) is 11.8 Å². The molecule has 3 atom stereocenters. The van der Waals surface area contributed by atoms with Gasteiger partial charge in [0.25, 0.3) is 0 Å². The normalized spacial score (nSPS) is 38.1. The van der Waals surface area contributed by atoms with E-state index < -0.39 is 9.28 Å². The van der Waals surface area contributed by atoms with E-state index in [4.69, 9.17) is 8.85 Å². The molecule has 2 nitrogen and oxygen atoms in total. The van der Waals surface area contributed by atoms with E-state index in [0.29, 0.717) is 5.04 Å². The highest BCUT2D eigenvalue weighted by Crippen LogP contribution is 2.59. The number of allylic oxidation sites excluding steroid dienone is 2. The molecule has 0 spiro atoms. The van der Waals surface area contributed by atoms with Crippen LogP contribution in [0.5, 0.6) is 0 Å². The smallest absolute Gasteiger partial charge is 0.331 e. The molecule has 2 aliphatic carbocycles. The van der Waals surface area contributed by atoms with Crippen molar-refractivity contribution >= 4 is 9.28 Å². The van der Waals surface area contributed by atoms with Crippen LogP contribution in [0.2, 0.25) is 5.04 Å². The van der Waals surface area contributed by atoms with Crippen LogP contribution in [0, 0.1) is 11.8 Å². The molecule has 1 saturated carbocycles. The minimum absolute atomic E-state index is 0.316. The van der Waals surface area contributed by atoms with Gasteiger partial charge in [0.1, 0.15) is 0 Å². The van der Waals surface area contributed by atoms with E-state index in [9.17, 15) is 0 Å². The van der Waals surface area contributed by atoms with Gasteiger partial charge in [0.05, 0.1) is 0 Å². The quantitative estimate of drug-likeness (QED) is 0.530. The maximum atomic E-state index is 5.90. The summed E-state index contributed by atoms with van der Waals surface area (Å²) < 4.78 is 11.8. The molecule has 0 aliphatic heterocycles. The average Bonchev–Trinajstić information content (AvgIpc) is 2.75. The van der Waals surface area contributed by atoms with Crippen LogP contribution >= 0.6 is 0 Å². The third kappa shape index (κ3) is 1.93. The van der Waals surface area contributed by atoms with Crippen molar-refractivity contribution in [1.29, 1.82) is 0 Å². The lowest BCUT2D eigenvalue weighted by Crippen LogP contribution is -2.35. The Bertz CT molecular complexity index is 248. The molecule has 0 radical (unpaired) electrons. The largest absolute Gasteiger partial charge is 0.396 e. The Morgan fingerprint density at radius 1 is 1.27 bits per heavy atom. The highest BCUT2D eigenvalue weighted by Gasteiger charge is 2.52. The van der Waals surface area contributed by atoms with Gasteiger partial charge in [0.15, 0.2) is 0 Å². The first-order valence-corrected chi connectivity index (χ1v) is 7.66. The van der Waals surface area contributed by atoms with E-state index in [1.165, 1.54) is 12.8 Å². The number of fused-ring (bicyclic) bond motifs is 2. The molecule has 0 aromatic rings. The molecule has 0 aromatic heterocycles. The van der Waals surface area contributed by atoms with Crippen molar-refractivity contribution in [2.75, 3.05) is 13.2 Å². The number of hydrogen-bond donors (Lipinski definition) is 0. The fourth-order valence-corrected chi connectivity index (χ4v) is 5.80. The molecule has 2 aliphatic rings. The van der Waals surface area contributed by atoms with Crippen LogP contribution < -0.4 is 0 Å². The van der Waals surface area contributed by atoms with Gasteiger partial charge < -0.3 is 8.85 Å². The molecule has 0 amide bonds. The first-order valence-electron chi connectivity index (χ1n) is 6.14. The summed E-state index contributed by atoms with van der Waals surface area (Å²) in [7, 11) is -1.51. The molecule has 3 heteroatoms. The Morgan fingerprint density at radius 2 is 1.93 bits per heavy atom. The average molecular weight is 226 g/mol. The minimum atomic E-state index is -1.51. The summed E-state index contributed by atoms with van der Waals surface area (Å²) in [5.74, 6) is 1.62. The molecule has 0 aromatic carbocycles. The third-order valence-corrected chi connectivity index (χ3v) is 6.70. The van der Waals surface area contributed by atoms with E-state index in [-0.39, 0.29) is 0 Å². The highest BCUT2D eigenvalue weighted by atomic mass is 28.3. The highest BCUT2D eigenvalue weighted by molar-refractivity contribution is 6.49. The molecule has 0 N–H and O–H groups in total. The van der Waals surface area contributed by atoms with Gasteiger partial charge >= 0.3 is 9.28 Å². The summed E-state index contributed by atoms with van der Waals surface area (Å²) in [6, 6.07) is 0. The predicted octanol–water partition coefficient (Wildman–Crippen LogP) is 2.64. The molecule has 86 valence electrons. The Balaban J connectivity index is 2.10. The summed E-state index contributed by atoms with van der Waals surface area (Å²) in [6.45, 7) is 8.10. The molecule has 0 heterocycles. The molecule has 15 heavy (non-hydrogen) atoms. The van der Waals surface area contributed by atoms with E-state index in [1.807, 2.05) is 0 Å². The predicted molar refractivity (Wildman–Crippen MR) is 64.1 cm³/mol. The number of hydrogen-bond acceptors (Lipinski definition) is 2. The fourth-order valence-electron chi connectivity index (χ4n) is 3.14. The molecule has 1 fully saturated rings. The van der Waals surface area contributed by atoms with Crippen LogP contribution in [0.1, 0.15) is 33.6 Å². The summed E-state index contributed by atoms with van der Waals surface area (Å²) in [4.78, 5) is 0. The standard InChI is InChI=1S/C12H22O2Si/c1-4-13-15(14-5-2)12-7-6-11(9-12)10(3)8-12/h6-7,10-11,15H,4-5,8-9H2,1-3H3. The Hall–Kier alpha value is -0.123. The van der Waals surface area contributed by atoms with Gasteiger partial charge in [0.2, 0.25) is 0 Å². The zero-order valence-electron chi connectivity index (χ0n) is 10.0. The lowest BCUT2D eigenvalue weighted by molar-refractivity contribution is 0.192. The summed E-state index contributed by atoms with van der Waals surface area (Å²) in [6.07, 6.45) is 7.36. The fraction of sp³-hybridized carbons (Fsp3) is 0.833. The maximum absolute atomic E-state index is 5.90. The van der Waals surface area contributed by atoms with Crippen molar-refractivity contribution in [1.82, 2.24) is 0 Å².